The van der Waals surface area contributed by atoms with E-state index in [1.54, 1.807) is 25.5 Å². The molecule has 28 heavy (non-hydrogen) atoms. The molecule has 0 saturated carbocycles. The molecular formula is C20H25N7O. The van der Waals surface area contributed by atoms with E-state index < -0.39 is 0 Å². The van der Waals surface area contributed by atoms with Gasteiger partial charge in [0, 0.05) is 68.8 Å². The van der Waals surface area contributed by atoms with Crippen LogP contribution >= 0.6 is 0 Å². The summed E-state index contributed by atoms with van der Waals surface area (Å²) in [5.74, 6) is 0.421. The van der Waals surface area contributed by atoms with Gasteiger partial charge in [-0.2, -0.15) is 0 Å². The van der Waals surface area contributed by atoms with Gasteiger partial charge in [0.15, 0.2) is 0 Å². The molecule has 4 rings (SSSR count). The molecule has 8 nitrogen and oxygen atoms in total. The summed E-state index contributed by atoms with van der Waals surface area (Å²) >= 11 is 0. The summed E-state index contributed by atoms with van der Waals surface area (Å²) in [5, 5.41) is 6.49. The van der Waals surface area contributed by atoms with Gasteiger partial charge in [-0.1, -0.05) is 0 Å². The molecule has 3 aromatic heterocycles. The Morgan fingerprint density at radius 1 is 1.29 bits per heavy atom. The largest absolute Gasteiger partial charge is 0.320 e. The molecule has 0 spiro atoms. The van der Waals surface area contributed by atoms with Crippen LogP contribution in [0.25, 0.3) is 5.65 Å². The monoisotopic (exact) mass is 379 g/mol. The summed E-state index contributed by atoms with van der Waals surface area (Å²) in [4.78, 5) is 27.8. The van der Waals surface area contributed by atoms with E-state index in [1.165, 1.54) is 0 Å². The average Bonchev–Trinajstić information content (AvgIpc) is 3.14. The minimum Gasteiger partial charge on any atom is -0.320 e. The summed E-state index contributed by atoms with van der Waals surface area (Å²) < 4.78 is 1.97. The molecule has 0 aromatic carbocycles. The van der Waals surface area contributed by atoms with Crippen molar-refractivity contribution in [3.8, 4) is 0 Å². The van der Waals surface area contributed by atoms with Crippen LogP contribution in [-0.4, -0.2) is 55.8 Å². The van der Waals surface area contributed by atoms with Gasteiger partial charge < -0.3 is 15.0 Å². The molecule has 1 fully saturated rings. The number of hydrogen-bond donors (Lipinski definition) is 2. The number of piperazine rings is 1. The number of amides is 1. The smallest absolute Gasteiger partial charge is 0.258 e. The lowest BCUT2D eigenvalue weighted by molar-refractivity contribution is 0.102. The van der Waals surface area contributed by atoms with Crippen LogP contribution in [0.3, 0.4) is 0 Å². The third-order valence-corrected chi connectivity index (χ3v) is 5.19. The first kappa shape index (κ1) is 18.5. The molecule has 3 aromatic rings. The highest BCUT2D eigenvalue weighted by Gasteiger charge is 2.20. The van der Waals surface area contributed by atoms with Crippen molar-refractivity contribution in [2.24, 2.45) is 0 Å². The highest BCUT2D eigenvalue weighted by Crippen LogP contribution is 2.25. The number of imidazole rings is 1. The SMILES string of the molecule is Cc1ncc(C(=O)Nc2cn3ccnc3c(CN3CCN[C@@H](C)C3)c2C)cn1. The molecule has 1 saturated heterocycles. The highest BCUT2D eigenvalue weighted by molar-refractivity contribution is 6.04. The molecule has 1 atom stereocenters. The number of fused-ring (bicyclic) bond motifs is 1. The van der Waals surface area contributed by atoms with Crippen LogP contribution < -0.4 is 10.6 Å². The van der Waals surface area contributed by atoms with E-state index >= 15 is 0 Å². The van der Waals surface area contributed by atoms with Crippen LogP contribution in [0.15, 0.2) is 31.0 Å². The zero-order chi connectivity index (χ0) is 19.7. The van der Waals surface area contributed by atoms with Gasteiger partial charge in [-0.05, 0) is 26.3 Å². The highest BCUT2D eigenvalue weighted by atomic mass is 16.1. The Balaban J connectivity index is 1.64. The van der Waals surface area contributed by atoms with Gasteiger partial charge in [0.2, 0.25) is 0 Å². The van der Waals surface area contributed by atoms with Crippen molar-refractivity contribution >= 4 is 17.2 Å². The third kappa shape index (κ3) is 3.74. The molecule has 0 bridgehead atoms. The van der Waals surface area contributed by atoms with Crippen molar-refractivity contribution in [2.45, 2.75) is 33.4 Å². The topological polar surface area (TPSA) is 87.5 Å². The van der Waals surface area contributed by atoms with Crippen LogP contribution in [0.4, 0.5) is 5.69 Å². The van der Waals surface area contributed by atoms with Crippen molar-refractivity contribution in [2.75, 3.05) is 25.0 Å². The minimum absolute atomic E-state index is 0.218. The maximum atomic E-state index is 12.7. The Bertz CT molecular complexity index is 996. The van der Waals surface area contributed by atoms with Gasteiger partial charge >= 0.3 is 0 Å². The van der Waals surface area contributed by atoms with Gasteiger partial charge in [0.1, 0.15) is 11.5 Å². The second-order valence-corrected chi connectivity index (χ2v) is 7.37. The molecule has 1 amide bonds. The fourth-order valence-corrected chi connectivity index (χ4v) is 3.62. The molecule has 2 N–H and O–H groups in total. The number of hydrogen-bond acceptors (Lipinski definition) is 6. The van der Waals surface area contributed by atoms with E-state index in [1.807, 2.05) is 23.7 Å². The predicted molar refractivity (Wildman–Crippen MR) is 107 cm³/mol. The fraction of sp³-hybridized carbons (Fsp3) is 0.400. The van der Waals surface area contributed by atoms with Crippen LogP contribution in [0.5, 0.6) is 0 Å². The minimum atomic E-state index is -0.218. The maximum absolute atomic E-state index is 12.7. The van der Waals surface area contributed by atoms with Crippen LogP contribution in [0.2, 0.25) is 0 Å². The number of nitrogens with one attached hydrogen (secondary N) is 2. The molecule has 1 aliphatic rings. The van der Waals surface area contributed by atoms with E-state index in [0.29, 0.717) is 17.4 Å². The van der Waals surface area contributed by atoms with Crippen molar-refractivity contribution in [1.29, 1.82) is 0 Å². The quantitative estimate of drug-likeness (QED) is 0.719. The van der Waals surface area contributed by atoms with E-state index in [9.17, 15) is 4.79 Å². The van der Waals surface area contributed by atoms with Crippen molar-refractivity contribution in [3.63, 3.8) is 0 Å². The Labute approximate surface area is 164 Å². The van der Waals surface area contributed by atoms with Crippen molar-refractivity contribution in [1.82, 2.24) is 29.6 Å². The number of pyridine rings is 1. The lowest BCUT2D eigenvalue weighted by atomic mass is 10.1. The number of carbonyl (C=O) groups is 1. The average molecular weight is 379 g/mol. The first-order valence-electron chi connectivity index (χ1n) is 9.52. The summed E-state index contributed by atoms with van der Waals surface area (Å²) in [6, 6.07) is 0.467. The summed E-state index contributed by atoms with van der Waals surface area (Å²) in [6.07, 6.45) is 8.70. The van der Waals surface area contributed by atoms with E-state index in [-0.39, 0.29) is 5.91 Å². The van der Waals surface area contributed by atoms with Gasteiger partial charge in [-0.15, -0.1) is 0 Å². The normalized spacial score (nSPS) is 17.8. The Kier molecular flexibility index (Phi) is 5.06. The third-order valence-electron chi connectivity index (χ3n) is 5.19. The second kappa shape index (κ2) is 7.65. The van der Waals surface area contributed by atoms with Crippen LogP contribution in [-0.2, 0) is 6.54 Å². The molecule has 8 heteroatoms. The van der Waals surface area contributed by atoms with Gasteiger partial charge in [-0.3, -0.25) is 9.69 Å². The van der Waals surface area contributed by atoms with Crippen molar-refractivity contribution < 1.29 is 4.79 Å². The molecule has 0 radical (unpaired) electrons. The molecule has 146 valence electrons. The number of aromatic nitrogens is 4. The summed E-state index contributed by atoms with van der Waals surface area (Å²) in [5.41, 5.74) is 4.31. The molecular weight excluding hydrogens is 354 g/mol. The number of aryl methyl sites for hydroxylation is 1. The van der Waals surface area contributed by atoms with E-state index in [4.69, 9.17) is 0 Å². The van der Waals surface area contributed by atoms with Crippen LogP contribution in [0, 0.1) is 13.8 Å². The Morgan fingerprint density at radius 2 is 2.07 bits per heavy atom. The molecule has 1 aliphatic heterocycles. The van der Waals surface area contributed by atoms with Gasteiger partial charge in [0.05, 0.1) is 11.3 Å². The Morgan fingerprint density at radius 3 is 2.82 bits per heavy atom. The van der Waals surface area contributed by atoms with Crippen molar-refractivity contribution in [3.05, 3.63) is 53.5 Å². The lowest BCUT2D eigenvalue weighted by Gasteiger charge is -2.32. The van der Waals surface area contributed by atoms with Gasteiger partial charge in [0.25, 0.3) is 5.91 Å². The first-order chi connectivity index (χ1) is 13.5. The zero-order valence-corrected chi connectivity index (χ0v) is 16.4. The number of carbonyl (C=O) groups excluding carboxylic acids is 1. The van der Waals surface area contributed by atoms with Gasteiger partial charge in [-0.25, -0.2) is 15.0 Å². The van der Waals surface area contributed by atoms with E-state index in [2.05, 4.69) is 37.4 Å². The molecule has 0 unspecified atom stereocenters. The summed E-state index contributed by atoms with van der Waals surface area (Å²) in [7, 11) is 0. The number of rotatable bonds is 4. The maximum Gasteiger partial charge on any atom is 0.258 e. The standard InChI is InChI=1S/C20H25N7O/c1-13-10-26(6-4-21-13)11-17-14(2)18(12-27-7-5-22-19(17)27)25-20(28)16-8-23-15(3)24-9-16/h5,7-9,12-13,21H,4,6,10-11H2,1-3H3,(H,25,28)/t13-/m0/s1. The summed E-state index contributed by atoms with van der Waals surface area (Å²) in [6.45, 7) is 9.80. The predicted octanol–water partition coefficient (Wildman–Crippen LogP) is 1.79. The van der Waals surface area contributed by atoms with Crippen LogP contribution in [0.1, 0.15) is 34.2 Å². The number of anilines is 1. The Hall–Kier alpha value is -2.84. The fourth-order valence-electron chi connectivity index (χ4n) is 3.62. The zero-order valence-electron chi connectivity index (χ0n) is 16.4. The molecule has 4 heterocycles. The lowest BCUT2D eigenvalue weighted by Crippen LogP contribution is -2.48. The second-order valence-electron chi connectivity index (χ2n) is 7.37. The number of nitrogens with zero attached hydrogens (tertiary/aromatic N) is 5. The van der Waals surface area contributed by atoms with E-state index in [0.717, 1.165) is 48.6 Å². The molecule has 0 aliphatic carbocycles. The first-order valence-corrected chi connectivity index (χ1v) is 9.52.